The van der Waals surface area contributed by atoms with Crippen molar-refractivity contribution in [3.05, 3.63) is 0 Å². The molecule has 4 nitrogen and oxygen atoms in total. The van der Waals surface area contributed by atoms with Gasteiger partial charge >= 0.3 is 5.97 Å². The molecule has 98 valence electrons. The van der Waals surface area contributed by atoms with E-state index >= 15 is 0 Å². The highest BCUT2D eigenvalue weighted by molar-refractivity contribution is 7.99. The van der Waals surface area contributed by atoms with Crippen LogP contribution in [0.5, 0.6) is 0 Å². The van der Waals surface area contributed by atoms with Crippen LogP contribution in [0.1, 0.15) is 25.7 Å². The van der Waals surface area contributed by atoms with Gasteiger partial charge in [0.1, 0.15) is 5.75 Å². The lowest BCUT2D eigenvalue weighted by atomic mass is 9.88. The zero-order chi connectivity index (χ0) is 12.3. The molecule has 0 bridgehead atoms. The molecule has 2 aliphatic rings. The topological polar surface area (TPSA) is 63.6 Å². The Kier molecular flexibility index (Phi) is 4.49. The molecule has 2 aliphatic heterocycles. The van der Waals surface area contributed by atoms with Gasteiger partial charge in [-0.1, -0.05) is 0 Å². The third-order valence-electron chi connectivity index (χ3n) is 3.49. The van der Waals surface area contributed by atoms with Gasteiger partial charge in [-0.15, -0.1) is 0 Å². The molecule has 0 amide bonds. The number of aliphatic carboxylic acids is 1. The van der Waals surface area contributed by atoms with Crippen molar-refractivity contribution in [1.29, 1.82) is 0 Å². The summed E-state index contributed by atoms with van der Waals surface area (Å²) in [4.78, 5) is 10.6. The first-order valence-electron chi connectivity index (χ1n) is 5.92. The van der Waals surface area contributed by atoms with Gasteiger partial charge in [0.2, 0.25) is 0 Å². The second-order valence-electron chi connectivity index (χ2n) is 4.68. The minimum absolute atomic E-state index is 0.00273. The van der Waals surface area contributed by atoms with Crippen LogP contribution in [0, 0.1) is 0 Å². The van der Waals surface area contributed by atoms with Crippen molar-refractivity contribution in [2.75, 3.05) is 23.9 Å². The highest BCUT2D eigenvalue weighted by Gasteiger charge is 2.40. The smallest absolute Gasteiger partial charge is 0.316 e. The standard InChI is InChI=1S/C11H18O4S2/c12-10(13)8-17(14)9-1-4-15-11(7-9)2-5-16-6-3-11/h9H,1-8H2,(H,12,13). The molecule has 17 heavy (non-hydrogen) atoms. The maximum absolute atomic E-state index is 11.9. The van der Waals surface area contributed by atoms with E-state index in [1.807, 2.05) is 11.8 Å². The molecule has 1 N–H and O–H groups in total. The zero-order valence-electron chi connectivity index (χ0n) is 9.72. The largest absolute Gasteiger partial charge is 0.481 e. The Morgan fingerprint density at radius 3 is 2.82 bits per heavy atom. The Morgan fingerprint density at radius 2 is 2.18 bits per heavy atom. The molecule has 2 rings (SSSR count). The minimum Gasteiger partial charge on any atom is -0.481 e. The second-order valence-corrected chi connectivity index (χ2v) is 7.62. The van der Waals surface area contributed by atoms with Gasteiger partial charge in [0.25, 0.3) is 0 Å². The van der Waals surface area contributed by atoms with E-state index in [0.29, 0.717) is 6.61 Å². The van der Waals surface area contributed by atoms with E-state index in [1.165, 1.54) is 0 Å². The molecule has 0 aromatic carbocycles. The molecule has 2 heterocycles. The van der Waals surface area contributed by atoms with Crippen LogP contribution < -0.4 is 0 Å². The van der Waals surface area contributed by atoms with E-state index in [0.717, 1.165) is 37.2 Å². The molecular formula is C11H18O4S2. The van der Waals surface area contributed by atoms with Crippen LogP contribution in [-0.4, -0.2) is 50.0 Å². The molecule has 2 unspecified atom stereocenters. The molecule has 0 saturated carbocycles. The van der Waals surface area contributed by atoms with Gasteiger partial charge in [0.15, 0.2) is 0 Å². The van der Waals surface area contributed by atoms with Gasteiger partial charge in [-0.05, 0) is 37.2 Å². The predicted molar refractivity (Wildman–Crippen MR) is 68.9 cm³/mol. The number of thioether (sulfide) groups is 1. The van der Waals surface area contributed by atoms with Crippen molar-refractivity contribution >= 4 is 28.5 Å². The van der Waals surface area contributed by atoms with Crippen LogP contribution >= 0.6 is 11.8 Å². The molecule has 6 heteroatoms. The normalized spacial score (nSPS) is 30.0. The summed E-state index contributed by atoms with van der Waals surface area (Å²) in [6.45, 7) is 0.626. The number of carboxylic acids is 1. The fourth-order valence-corrected chi connectivity index (χ4v) is 5.10. The van der Waals surface area contributed by atoms with Gasteiger partial charge in [-0.2, -0.15) is 11.8 Å². The Bertz CT molecular complexity index is 307. The first-order chi connectivity index (χ1) is 8.11. The molecule has 1 spiro atoms. The van der Waals surface area contributed by atoms with Crippen molar-refractivity contribution in [3.8, 4) is 0 Å². The molecule has 2 atom stereocenters. The fourth-order valence-electron chi connectivity index (χ4n) is 2.54. The van der Waals surface area contributed by atoms with E-state index in [1.54, 1.807) is 0 Å². The molecule has 0 aromatic heterocycles. The first-order valence-corrected chi connectivity index (χ1v) is 8.46. The van der Waals surface area contributed by atoms with Crippen molar-refractivity contribution in [2.24, 2.45) is 0 Å². The summed E-state index contributed by atoms with van der Waals surface area (Å²) in [7, 11) is -1.25. The summed E-state index contributed by atoms with van der Waals surface area (Å²) < 4.78 is 17.8. The SMILES string of the molecule is O=C(O)CS(=O)C1CCOC2(CCSCC2)C1. The molecule has 0 aromatic rings. The molecule has 0 radical (unpaired) electrons. The number of rotatable bonds is 3. The van der Waals surface area contributed by atoms with Crippen molar-refractivity contribution < 1.29 is 18.8 Å². The summed E-state index contributed by atoms with van der Waals surface area (Å²) in [6, 6.07) is 0. The Hall–Kier alpha value is -0.0700. The number of carbonyl (C=O) groups is 1. The zero-order valence-corrected chi connectivity index (χ0v) is 11.4. The van der Waals surface area contributed by atoms with Crippen LogP contribution in [-0.2, 0) is 20.3 Å². The number of hydrogen-bond donors (Lipinski definition) is 1. The van der Waals surface area contributed by atoms with Crippen LogP contribution in [0.15, 0.2) is 0 Å². The van der Waals surface area contributed by atoms with E-state index < -0.39 is 16.8 Å². The maximum atomic E-state index is 11.9. The van der Waals surface area contributed by atoms with Gasteiger partial charge in [-0.3, -0.25) is 9.00 Å². The van der Waals surface area contributed by atoms with Gasteiger partial charge < -0.3 is 9.84 Å². The Balaban J connectivity index is 1.96. The monoisotopic (exact) mass is 278 g/mol. The molecular weight excluding hydrogens is 260 g/mol. The lowest BCUT2D eigenvalue weighted by Gasteiger charge is -2.42. The molecule has 2 saturated heterocycles. The van der Waals surface area contributed by atoms with Crippen LogP contribution in [0.3, 0.4) is 0 Å². The highest BCUT2D eigenvalue weighted by Crippen LogP contribution is 2.38. The van der Waals surface area contributed by atoms with Crippen molar-refractivity contribution in [1.82, 2.24) is 0 Å². The lowest BCUT2D eigenvalue weighted by molar-refractivity contribution is -0.134. The van der Waals surface area contributed by atoms with Crippen LogP contribution in [0.4, 0.5) is 0 Å². The van der Waals surface area contributed by atoms with Crippen molar-refractivity contribution in [2.45, 2.75) is 36.5 Å². The van der Waals surface area contributed by atoms with Gasteiger partial charge in [0, 0.05) is 22.7 Å². The number of carboxylic acid groups (broad SMARTS) is 1. The maximum Gasteiger partial charge on any atom is 0.316 e. The van der Waals surface area contributed by atoms with Crippen LogP contribution in [0.25, 0.3) is 0 Å². The van der Waals surface area contributed by atoms with E-state index in [-0.39, 0.29) is 16.6 Å². The minimum atomic E-state index is -1.25. The Labute approximate surface area is 108 Å². The second kappa shape index (κ2) is 5.71. The van der Waals surface area contributed by atoms with Gasteiger partial charge in [0.05, 0.1) is 5.60 Å². The quantitative estimate of drug-likeness (QED) is 0.842. The highest BCUT2D eigenvalue weighted by atomic mass is 32.2. The first kappa shape index (κ1) is 13.4. The predicted octanol–water partition coefficient (Wildman–Crippen LogP) is 1.26. The average Bonchev–Trinajstić information content (AvgIpc) is 2.29. The van der Waals surface area contributed by atoms with Gasteiger partial charge in [-0.25, -0.2) is 0 Å². The van der Waals surface area contributed by atoms with E-state index in [2.05, 4.69) is 0 Å². The molecule has 0 aliphatic carbocycles. The summed E-state index contributed by atoms with van der Waals surface area (Å²) in [5.74, 6) is 0.995. The van der Waals surface area contributed by atoms with Crippen molar-refractivity contribution in [3.63, 3.8) is 0 Å². The summed E-state index contributed by atoms with van der Waals surface area (Å²) >= 11 is 1.93. The van der Waals surface area contributed by atoms with Crippen LogP contribution in [0.2, 0.25) is 0 Å². The Morgan fingerprint density at radius 1 is 1.47 bits per heavy atom. The summed E-state index contributed by atoms with van der Waals surface area (Å²) in [5, 5.41) is 8.69. The third-order valence-corrected chi connectivity index (χ3v) is 6.15. The lowest BCUT2D eigenvalue weighted by Crippen LogP contribution is -2.46. The van der Waals surface area contributed by atoms with E-state index in [9.17, 15) is 9.00 Å². The average molecular weight is 278 g/mol. The number of hydrogen-bond acceptors (Lipinski definition) is 4. The molecule has 2 fully saturated rings. The van der Waals surface area contributed by atoms with E-state index in [4.69, 9.17) is 9.84 Å². The number of ether oxygens (including phenoxy) is 1. The summed E-state index contributed by atoms with van der Waals surface area (Å²) in [5.41, 5.74) is -0.109. The summed E-state index contributed by atoms with van der Waals surface area (Å²) in [6.07, 6.45) is 3.53. The third kappa shape index (κ3) is 3.45. The fraction of sp³-hybridized carbons (Fsp3) is 0.909.